The number of carboxylic acids is 1. The molecule has 1 atom stereocenters. The van der Waals surface area contributed by atoms with Crippen LogP contribution in [0, 0.1) is 0 Å². The first-order valence-corrected chi connectivity index (χ1v) is 5.63. The number of amides is 1. The number of carbonyl (C=O) groups is 2. The lowest BCUT2D eigenvalue weighted by Crippen LogP contribution is -2.41. The van der Waals surface area contributed by atoms with Gasteiger partial charge in [-0.15, -0.1) is 0 Å². The largest absolute Gasteiger partial charge is 0.480 e. The van der Waals surface area contributed by atoms with E-state index in [0.29, 0.717) is 13.0 Å². The van der Waals surface area contributed by atoms with Crippen LogP contribution in [0.15, 0.2) is 0 Å². The van der Waals surface area contributed by atoms with Crippen LogP contribution < -0.4 is 5.32 Å². The van der Waals surface area contributed by atoms with E-state index in [1.165, 1.54) is 7.11 Å². The van der Waals surface area contributed by atoms with E-state index < -0.39 is 12.0 Å². The second-order valence-electron chi connectivity index (χ2n) is 3.70. The van der Waals surface area contributed by atoms with Crippen molar-refractivity contribution in [3.63, 3.8) is 0 Å². The summed E-state index contributed by atoms with van der Waals surface area (Å²) >= 11 is 0. The SMILES string of the molecule is CCCCCC(NC(=O)CCOC)C(=O)O. The summed E-state index contributed by atoms with van der Waals surface area (Å²) in [5.74, 6) is -1.24. The Morgan fingerprint density at radius 1 is 1.38 bits per heavy atom. The van der Waals surface area contributed by atoms with Crippen LogP contribution in [-0.4, -0.2) is 36.7 Å². The van der Waals surface area contributed by atoms with Crippen molar-refractivity contribution in [3.05, 3.63) is 0 Å². The maximum Gasteiger partial charge on any atom is 0.326 e. The third-order valence-corrected chi connectivity index (χ3v) is 2.26. The molecule has 0 aliphatic carbocycles. The second kappa shape index (κ2) is 9.15. The van der Waals surface area contributed by atoms with Gasteiger partial charge in [-0.3, -0.25) is 4.79 Å². The first-order valence-electron chi connectivity index (χ1n) is 5.63. The molecule has 94 valence electrons. The third-order valence-electron chi connectivity index (χ3n) is 2.26. The Balaban J connectivity index is 3.92. The Morgan fingerprint density at radius 2 is 2.06 bits per heavy atom. The predicted molar refractivity (Wildman–Crippen MR) is 60.2 cm³/mol. The highest BCUT2D eigenvalue weighted by Crippen LogP contribution is 2.04. The molecule has 0 aromatic heterocycles. The molecule has 0 aliphatic rings. The lowest BCUT2D eigenvalue weighted by molar-refractivity contribution is -0.142. The van der Waals surface area contributed by atoms with Crippen molar-refractivity contribution < 1.29 is 19.4 Å². The molecule has 2 N–H and O–H groups in total. The number of methoxy groups -OCH3 is 1. The molecule has 0 saturated heterocycles. The van der Waals surface area contributed by atoms with Gasteiger partial charge in [0.1, 0.15) is 6.04 Å². The zero-order chi connectivity index (χ0) is 12.4. The van der Waals surface area contributed by atoms with Crippen LogP contribution in [0.2, 0.25) is 0 Å². The fourth-order valence-electron chi connectivity index (χ4n) is 1.32. The van der Waals surface area contributed by atoms with Crippen molar-refractivity contribution in [1.82, 2.24) is 5.32 Å². The number of nitrogens with one attached hydrogen (secondary N) is 1. The number of aliphatic carboxylic acids is 1. The highest BCUT2D eigenvalue weighted by atomic mass is 16.5. The number of carbonyl (C=O) groups excluding carboxylic acids is 1. The summed E-state index contributed by atoms with van der Waals surface area (Å²) < 4.78 is 4.74. The van der Waals surface area contributed by atoms with Gasteiger partial charge >= 0.3 is 5.97 Å². The molecule has 5 nitrogen and oxygen atoms in total. The second-order valence-corrected chi connectivity index (χ2v) is 3.70. The Hall–Kier alpha value is -1.10. The van der Waals surface area contributed by atoms with Crippen molar-refractivity contribution in [2.45, 2.75) is 45.1 Å². The molecule has 0 heterocycles. The molecule has 16 heavy (non-hydrogen) atoms. The predicted octanol–water partition coefficient (Wildman–Crippen LogP) is 1.17. The van der Waals surface area contributed by atoms with E-state index in [-0.39, 0.29) is 12.3 Å². The van der Waals surface area contributed by atoms with Crippen molar-refractivity contribution in [2.75, 3.05) is 13.7 Å². The quantitative estimate of drug-likeness (QED) is 0.584. The fourth-order valence-corrected chi connectivity index (χ4v) is 1.32. The van der Waals surface area contributed by atoms with E-state index >= 15 is 0 Å². The molecule has 0 aromatic rings. The third kappa shape index (κ3) is 7.23. The molecule has 0 spiro atoms. The molecule has 1 amide bonds. The Morgan fingerprint density at radius 3 is 2.56 bits per heavy atom. The van der Waals surface area contributed by atoms with Crippen LogP contribution in [0.5, 0.6) is 0 Å². The molecule has 0 bridgehead atoms. The minimum Gasteiger partial charge on any atom is -0.480 e. The van der Waals surface area contributed by atoms with Crippen molar-refractivity contribution in [1.29, 1.82) is 0 Å². The lowest BCUT2D eigenvalue weighted by atomic mass is 10.1. The fraction of sp³-hybridized carbons (Fsp3) is 0.818. The summed E-state index contributed by atoms with van der Waals surface area (Å²) in [6, 6.07) is -0.768. The summed E-state index contributed by atoms with van der Waals surface area (Å²) in [6.07, 6.45) is 3.52. The molecular weight excluding hydrogens is 210 g/mol. The summed E-state index contributed by atoms with van der Waals surface area (Å²) in [6.45, 7) is 2.36. The van der Waals surface area contributed by atoms with Crippen molar-refractivity contribution >= 4 is 11.9 Å². The minimum atomic E-state index is -0.970. The summed E-state index contributed by atoms with van der Waals surface area (Å²) in [5.41, 5.74) is 0. The first-order chi connectivity index (χ1) is 7.61. The van der Waals surface area contributed by atoms with Crippen molar-refractivity contribution in [2.24, 2.45) is 0 Å². The molecule has 0 radical (unpaired) electrons. The van der Waals surface area contributed by atoms with E-state index in [9.17, 15) is 9.59 Å². The van der Waals surface area contributed by atoms with E-state index in [1.54, 1.807) is 0 Å². The summed E-state index contributed by atoms with van der Waals surface area (Å²) in [5, 5.41) is 11.4. The lowest BCUT2D eigenvalue weighted by Gasteiger charge is -2.13. The van der Waals surface area contributed by atoms with Crippen LogP contribution in [-0.2, 0) is 14.3 Å². The monoisotopic (exact) mass is 231 g/mol. The molecule has 0 aromatic carbocycles. The standard InChI is InChI=1S/C11H21NO4/c1-3-4-5-6-9(11(14)15)12-10(13)7-8-16-2/h9H,3-8H2,1-2H3,(H,12,13)(H,14,15). The van der Waals surface area contributed by atoms with Gasteiger partial charge in [-0.25, -0.2) is 4.79 Å². The summed E-state index contributed by atoms with van der Waals surface area (Å²) in [7, 11) is 1.50. The van der Waals surface area contributed by atoms with E-state index in [0.717, 1.165) is 19.3 Å². The number of hydrogen-bond acceptors (Lipinski definition) is 3. The van der Waals surface area contributed by atoms with Crippen LogP contribution >= 0.6 is 0 Å². The topological polar surface area (TPSA) is 75.6 Å². The highest BCUT2D eigenvalue weighted by molar-refractivity contribution is 5.83. The molecule has 0 saturated carbocycles. The number of rotatable bonds is 9. The summed E-state index contributed by atoms with van der Waals surface area (Å²) in [4.78, 5) is 22.2. The van der Waals surface area contributed by atoms with Gasteiger partial charge in [0.25, 0.3) is 0 Å². The number of carboxylic acid groups (broad SMARTS) is 1. The number of ether oxygens (including phenoxy) is 1. The smallest absolute Gasteiger partial charge is 0.326 e. The Kier molecular flexibility index (Phi) is 8.52. The van der Waals surface area contributed by atoms with Crippen LogP contribution in [0.4, 0.5) is 0 Å². The van der Waals surface area contributed by atoms with Gasteiger partial charge in [0.2, 0.25) is 5.91 Å². The maximum absolute atomic E-state index is 11.3. The zero-order valence-corrected chi connectivity index (χ0v) is 9.99. The van der Waals surface area contributed by atoms with Crippen LogP contribution in [0.25, 0.3) is 0 Å². The van der Waals surface area contributed by atoms with Crippen LogP contribution in [0.1, 0.15) is 39.0 Å². The highest BCUT2D eigenvalue weighted by Gasteiger charge is 2.18. The molecule has 5 heteroatoms. The Bertz CT molecular complexity index is 218. The molecule has 0 aliphatic heterocycles. The first kappa shape index (κ1) is 14.9. The van der Waals surface area contributed by atoms with Gasteiger partial charge < -0.3 is 15.2 Å². The van der Waals surface area contributed by atoms with E-state index in [2.05, 4.69) is 5.32 Å². The number of unbranched alkanes of at least 4 members (excludes halogenated alkanes) is 2. The number of hydrogen-bond donors (Lipinski definition) is 2. The average molecular weight is 231 g/mol. The van der Waals surface area contributed by atoms with Gasteiger partial charge in [-0.1, -0.05) is 26.2 Å². The van der Waals surface area contributed by atoms with E-state index in [1.807, 2.05) is 6.92 Å². The van der Waals surface area contributed by atoms with Crippen LogP contribution in [0.3, 0.4) is 0 Å². The van der Waals surface area contributed by atoms with Gasteiger partial charge in [0.15, 0.2) is 0 Å². The molecular formula is C11H21NO4. The van der Waals surface area contributed by atoms with Crippen molar-refractivity contribution in [3.8, 4) is 0 Å². The maximum atomic E-state index is 11.3. The molecule has 0 fully saturated rings. The van der Waals surface area contributed by atoms with Gasteiger partial charge in [-0.2, -0.15) is 0 Å². The van der Waals surface area contributed by atoms with Gasteiger partial charge in [0, 0.05) is 13.5 Å². The molecule has 0 rings (SSSR count). The normalized spacial score (nSPS) is 12.1. The Labute approximate surface area is 96.2 Å². The zero-order valence-electron chi connectivity index (χ0n) is 9.99. The van der Waals surface area contributed by atoms with E-state index in [4.69, 9.17) is 9.84 Å². The average Bonchev–Trinajstić information content (AvgIpc) is 2.25. The molecule has 1 unspecified atom stereocenters. The van der Waals surface area contributed by atoms with Gasteiger partial charge in [0.05, 0.1) is 6.61 Å². The minimum absolute atomic E-state index is 0.202. The van der Waals surface area contributed by atoms with Gasteiger partial charge in [-0.05, 0) is 6.42 Å².